The van der Waals surface area contributed by atoms with Gasteiger partial charge in [-0.25, -0.2) is 0 Å². The number of thioether (sulfide) groups is 1. The van der Waals surface area contributed by atoms with Crippen LogP contribution in [-0.4, -0.2) is 48.9 Å². The van der Waals surface area contributed by atoms with Crippen molar-refractivity contribution in [3.8, 4) is 11.5 Å². The van der Waals surface area contributed by atoms with Gasteiger partial charge in [0.25, 0.3) is 11.1 Å². The van der Waals surface area contributed by atoms with Crippen molar-refractivity contribution < 1.29 is 28.6 Å². The number of ether oxygens (including phenoxy) is 3. The van der Waals surface area contributed by atoms with Crippen LogP contribution in [0.1, 0.15) is 39.2 Å². The fraction of sp³-hybridized carbons (Fsp3) is 0.476. The molecular formula is C21H27NO6S. The molecule has 29 heavy (non-hydrogen) atoms. The molecule has 7 nitrogen and oxygen atoms in total. The Balaban J connectivity index is 2.09. The first-order valence-electron chi connectivity index (χ1n) is 9.57. The molecule has 0 aliphatic carbocycles. The molecule has 0 unspecified atom stereocenters. The zero-order chi connectivity index (χ0) is 21.4. The second kappa shape index (κ2) is 10.9. The first kappa shape index (κ1) is 22.8. The first-order valence-corrected chi connectivity index (χ1v) is 10.4. The van der Waals surface area contributed by atoms with Gasteiger partial charge < -0.3 is 14.2 Å². The normalized spacial score (nSPS) is 15.3. The van der Waals surface area contributed by atoms with Crippen molar-refractivity contribution in [1.29, 1.82) is 0 Å². The molecule has 2 amide bonds. The Morgan fingerprint density at radius 3 is 2.66 bits per heavy atom. The van der Waals surface area contributed by atoms with Gasteiger partial charge in [-0.1, -0.05) is 33.3 Å². The lowest BCUT2D eigenvalue weighted by Crippen LogP contribution is -2.34. The maximum Gasteiger partial charge on any atom is 0.326 e. The van der Waals surface area contributed by atoms with Crippen LogP contribution in [0.2, 0.25) is 0 Å². The molecule has 1 aliphatic rings. The minimum Gasteiger partial charge on any atom is -0.493 e. The van der Waals surface area contributed by atoms with Crippen molar-refractivity contribution >= 4 is 35.0 Å². The highest BCUT2D eigenvalue weighted by Crippen LogP contribution is 2.34. The summed E-state index contributed by atoms with van der Waals surface area (Å²) in [7, 11) is 1.54. The number of nitrogens with zero attached hydrogens (tertiary/aromatic N) is 1. The predicted octanol–water partition coefficient (Wildman–Crippen LogP) is 4.11. The predicted molar refractivity (Wildman–Crippen MR) is 112 cm³/mol. The molecule has 1 aliphatic heterocycles. The summed E-state index contributed by atoms with van der Waals surface area (Å²) >= 11 is 0.796. The fourth-order valence-electron chi connectivity index (χ4n) is 2.44. The van der Waals surface area contributed by atoms with Crippen LogP contribution in [0.4, 0.5) is 4.79 Å². The molecule has 158 valence electrons. The van der Waals surface area contributed by atoms with E-state index in [1.54, 1.807) is 31.4 Å². The number of carbonyl (C=O) groups excluding carboxylic acids is 3. The van der Waals surface area contributed by atoms with Crippen LogP contribution in [0, 0.1) is 5.92 Å². The van der Waals surface area contributed by atoms with Crippen molar-refractivity contribution in [1.82, 2.24) is 4.90 Å². The Bertz CT molecular complexity index is 789. The van der Waals surface area contributed by atoms with E-state index < -0.39 is 17.1 Å². The molecule has 0 saturated carbocycles. The largest absolute Gasteiger partial charge is 0.493 e. The molecule has 0 atom stereocenters. The number of hydrogen-bond acceptors (Lipinski definition) is 7. The lowest BCUT2D eigenvalue weighted by molar-refractivity contribution is -0.147. The Morgan fingerprint density at radius 1 is 1.24 bits per heavy atom. The van der Waals surface area contributed by atoms with Gasteiger partial charge in [-0.15, -0.1) is 0 Å². The second-order valence-corrected chi connectivity index (χ2v) is 7.95. The smallest absolute Gasteiger partial charge is 0.326 e. The molecule has 1 saturated heterocycles. The van der Waals surface area contributed by atoms with Gasteiger partial charge >= 0.3 is 5.97 Å². The zero-order valence-corrected chi connectivity index (χ0v) is 18.0. The van der Waals surface area contributed by atoms with Gasteiger partial charge in [0.1, 0.15) is 6.54 Å². The molecule has 1 aromatic carbocycles. The summed E-state index contributed by atoms with van der Waals surface area (Å²) in [5, 5.41) is -0.491. The zero-order valence-electron chi connectivity index (χ0n) is 17.2. The maximum atomic E-state index is 12.5. The summed E-state index contributed by atoms with van der Waals surface area (Å²) in [5.41, 5.74) is 0.692. The van der Waals surface area contributed by atoms with Gasteiger partial charge in [0.15, 0.2) is 11.5 Å². The van der Waals surface area contributed by atoms with Crippen LogP contribution >= 0.6 is 11.8 Å². The van der Waals surface area contributed by atoms with E-state index >= 15 is 0 Å². The molecule has 0 aromatic heterocycles. The van der Waals surface area contributed by atoms with Crippen LogP contribution in [0.25, 0.3) is 6.08 Å². The summed E-state index contributed by atoms with van der Waals surface area (Å²) in [4.78, 5) is 37.7. The van der Waals surface area contributed by atoms with Crippen LogP contribution in [0.15, 0.2) is 23.1 Å². The lowest BCUT2D eigenvalue weighted by Gasteiger charge is -2.13. The van der Waals surface area contributed by atoms with Crippen molar-refractivity contribution in [2.24, 2.45) is 5.92 Å². The Kier molecular flexibility index (Phi) is 8.57. The second-order valence-electron chi connectivity index (χ2n) is 6.96. The van der Waals surface area contributed by atoms with Crippen molar-refractivity contribution in [3.63, 3.8) is 0 Å². The van der Waals surface area contributed by atoms with Gasteiger partial charge in [0, 0.05) is 0 Å². The number of methoxy groups -OCH3 is 1. The van der Waals surface area contributed by atoms with Gasteiger partial charge in [-0.05, 0) is 47.9 Å². The van der Waals surface area contributed by atoms with Gasteiger partial charge in [0.2, 0.25) is 0 Å². The molecule has 8 heteroatoms. The van der Waals surface area contributed by atoms with Crippen molar-refractivity contribution in [2.45, 2.75) is 33.6 Å². The number of imide groups is 1. The molecule has 0 radical (unpaired) electrons. The number of benzene rings is 1. The highest BCUT2D eigenvalue weighted by molar-refractivity contribution is 8.18. The highest BCUT2D eigenvalue weighted by Gasteiger charge is 2.36. The molecule has 1 aromatic rings. The third kappa shape index (κ3) is 6.52. The molecule has 0 N–H and O–H groups in total. The molecule has 1 heterocycles. The number of carbonyl (C=O) groups is 3. The van der Waals surface area contributed by atoms with E-state index in [1.165, 1.54) is 0 Å². The monoisotopic (exact) mass is 421 g/mol. The minimum atomic E-state index is -0.600. The van der Waals surface area contributed by atoms with Gasteiger partial charge in [0.05, 0.1) is 25.2 Å². The number of esters is 1. The third-order valence-corrected chi connectivity index (χ3v) is 4.89. The fourth-order valence-corrected chi connectivity index (χ4v) is 3.28. The highest BCUT2D eigenvalue weighted by atomic mass is 32.2. The number of amides is 2. The number of unbranched alkanes of at least 4 members (excludes halogenated alkanes) is 1. The van der Waals surface area contributed by atoms with E-state index in [0.717, 1.165) is 29.5 Å². The molecule has 2 rings (SSSR count). The Morgan fingerprint density at radius 2 is 2.00 bits per heavy atom. The van der Waals surface area contributed by atoms with E-state index in [1.807, 2.05) is 13.8 Å². The average molecular weight is 422 g/mol. The van der Waals surface area contributed by atoms with Crippen molar-refractivity contribution in [3.05, 3.63) is 28.7 Å². The number of rotatable bonds is 10. The standard InChI is InChI=1S/C21H27NO6S/c1-5-6-9-27-16-8-7-15(10-17(16)26-4)11-18-20(24)22(21(25)29-18)12-19(23)28-13-14(2)3/h7-8,10-11,14H,5-6,9,12-13H2,1-4H3/b18-11-. The summed E-state index contributed by atoms with van der Waals surface area (Å²) in [5.74, 6) is 0.240. The van der Waals surface area contributed by atoms with Gasteiger partial charge in [-0.2, -0.15) is 0 Å². The summed E-state index contributed by atoms with van der Waals surface area (Å²) in [6.07, 6.45) is 3.57. The molecule has 0 spiro atoms. The van der Waals surface area contributed by atoms with E-state index in [-0.39, 0.29) is 24.0 Å². The average Bonchev–Trinajstić information content (AvgIpc) is 2.94. The van der Waals surface area contributed by atoms with Crippen LogP contribution in [0.5, 0.6) is 11.5 Å². The summed E-state index contributed by atoms with van der Waals surface area (Å²) in [6, 6.07) is 5.30. The van der Waals surface area contributed by atoms with Crippen molar-refractivity contribution in [2.75, 3.05) is 26.9 Å². The summed E-state index contributed by atoms with van der Waals surface area (Å²) in [6.45, 7) is 6.35. The minimum absolute atomic E-state index is 0.178. The molecule has 1 fully saturated rings. The SMILES string of the molecule is CCCCOc1ccc(/C=C2\SC(=O)N(CC(=O)OCC(C)C)C2=O)cc1OC. The van der Waals surface area contributed by atoms with Crippen LogP contribution in [-0.2, 0) is 14.3 Å². The van der Waals surface area contributed by atoms with E-state index in [4.69, 9.17) is 14.2 Å². The first-order chi connectivity index (χ1) is 13.8. The molecule has 0 bridgehead atoms. The maximum absolute atomic E-state index is 12.5. The quantitative estimate of drug-likeness (QED) is 0.319. The Labute approximate surface area is 175 Å². The number of hydrogen-bond donors (Lipinski definition) is 0. The van der Waals surface area contributed by atoms with Crippen LogP contribution < -0.4 is 9.47 Å². The summed E-state index contributed by atoms with van der Waals surface area (Å²) < 4.78 is 16.1. The third-order valence-electron chi connectivity index (χ3n) is 3.98. The van der Waals surface area contributed by atoms with E-state index in [0.29, 0.717) is 23.7 Å². The van der Waals surface area contributed by atoms with Crippen LogP contribution in [0.3, 0.4) is 0 Å². The molecular weight excluding hydrogens is 394 g/mol. The van der Waals surface area contributed by atoms with Gasteiger partial charge in [-0.3, -0.25) is 19.3 Å². The topological polar surface area (TPSA) is 82.1 Å². The van der Waals surface area contributed by atoms with E-state index in [9.17, 15) is 14.4 Å². The van der Waals surface area contributed by atoms with E-state index in [2.05, 4.69) is 6.92 Å². The Hall–Kier alpha value is -2.48. The lowest BCUT2D eigenvalue weighted by atomic mass is 10.2.